The monoisotopic (exact) mass is 522 g/mol. The zero-order chi connectivity index (χ0) is 26.9. The van der Waals surface area contributed by atoms with Crippen LogP contribution in [-0.4, -0.2) is 41.0 Å². The van der Waals surface area contributed by atoms with Gasteiger partial charge in [-0.3, -0.25) is 19.9 Å². The quantitative estimate of drug-likeness (QED) is 0.253. The lowest BCUT2D eigenvalue weighted by molar-refractivity contribution is -0.115. The van der Waals surface area contributed by atoms with Crippen molar-refractivity contribution in [2.45, 2.75) is 6.42 Å². The van der Waals surface area contributed by atoms with E-state index in [1.807, 2.05) is 85.1 Å². The number of hydrogen-bond donors (Lipinski definition) is 3. The predicted octanol–water partition coefficient (Wildman–Crippen LogP) is 5.81. The zero-order valence-electron chi connectivity index (χ0n) is 21.2. The first kappa shape index (κ1) is 23.4. The number of carbonyl (C=O) groups excluding carboxylic acids is 1. The highest BCUT2D eigenvalue weighted by Crippen LogP contribution is 2.31. The summed E-state index contributed by atoms with van der Waals surface area (Å²) >= 11 is 0. The minimum Gasteiger partial charge on any atom is -0.336 e. The number of imidazole rings is 1. The van der Waals surface area contributed by atoms with Gasteiger partial charge >= 0.3 is 0 Å². The molecule has 5 heterocycles. The van der Waals surface area contributed by atoms with Gasteiger partial charge in [0.1, 0.15) is 5.52 Å². The van der Waals surface area contributed by atoms with Crippen LogP contribution >= 0.6 is 0 Å². The van der Waals surface area contributed by atoms with E-state index in [-0.39, 0.29) is 12.3 Å². The number of H-pyrrole nitrogens is 2. The number of benzene rings is 2. The highest BCUT2D eigenvalue weighted by atomic mass is 16.1. The Hall–Kier alpha value is -5.70. The average Bonchev–Trinajstić information content (AvgIpc) is 3.62. The molecular weight excluding hydrogens is 500 g/mol. The van der Waals surface area contributed by atoms with Gasteiger partial charge in [0.05, 0.1) is 40.5 Å². The molecule has 0 aliphatic carbocycles. The molecule has 2 aromatic carbocycles. The van der Waals surface area contributed by atoms with E-state index >= 15 is 0 Å². The molecule has 0 saturated heterocycles. The van der Waals surface area contributed by atoms with Crippen LogP contribution in [0.5, 0.6) is 0 Å². The summed E-state index contributed by atoms with van der Waals surface area (Å²) in [6.45, 7) is 0. The van der Waals surface area contributed by atoms with Crippen LogP contribution in [0.1, 0.15) is 5.56 Å². The van der Waals surface area contributed by atoms with Gasteiger partial charge in [0.25, 0.3) is 0 Å². The summed E-state index contributed by atoms with van der Waals surface area (Å²) < 4.78 is 0. The van der Waals surface area contributed by atoms with Crippen molar-refractivity contribution in [2.75, 3.05) is 5.32 Å². The first-order valence-electron chi connectivity index (χ1n) is 12.7. The van der Waals surface area contributed by atoms with Crippen molar-refractivity contribution < 1.29 is 4.79 Å². The summed E-state index contributed by atoms with van der Waals surface area (Å²) in [5.74, 6) is 0.503. The molecule has 9 heteroatoms. The second-order valence-electron chi connectivity index (χ2n) is 9.37. The van der Waals surface area contributed by atoms with E-state index in [1.165, 1.54) is 0 Å². The Labute approximate surface area is 228 Å². The molecule has 0 fully saturated rings. The van der Waals surface area contributed by atoms with Crippen molar-refractivity contribution in [1.29, 1.82) is 0 Å². The van der Waals surface area contributed by atoms with Crippen molar-refractivity contribution >= 4 is 33.7 Å². The number of pyridine rings is 3. The second-order valence-corrected chi connectivity index (χ2v) is 9.37. The summed E-state index contributed by atoms with van der Waals surface area (Å²) in [6.07, 6.45) is 7.22. The number of fused-ring (bicyclic) bond motifs is 2. The van der Waals surface area contributed by atoms with Crippen LogP contribution in [0.3, 0.4) is 0 Å². The standard InChI is InChI=1S/C31H22N8O/c40-27(14-19-6-2-1-3-7-19)34-22-15-21(17-33-18-22)24-11-12-26-29(35-24)30(39-38-26)31-36-25-10-4-9-23(28(25)37-31)20-8-5-13-32-16-20/h1-13,15-18H,14H2,(H,34,40)(H,36,37)(H,38,39). The number of nitrogens with zero attached hydrogens (tertiary/aromatic N) is 5. The summed E-state index contributed by atoms with van der Waals surface area (Å²) in [5, 5.41) is 10.5. The molecule has 3 N–H and O–H groups in total. The molecule has 192 valence electrons. The lowest BCUT2D eigenvalue weighted by Gasteiger charge is -2.07. The van der Waals surface area contributed by atoms with E-state index in [9.17, 15) is 4.79 Å². The molecule has 0 atom stereocenters. The first-order chi connectivity index (χ1) is 19.7. The maximum absolute atomic E-state index is 12.6. The molecule has 7 aromatic rings. The maximum atomic E-state index is 12.6. The van der Waals surface area contributed by atoms with Crippen molar-refractivity contribution in [2.24, 2.45) is 0 Å². The third kappa shape index (κ3) is 4.45. The molecule has 0 bridgehead atoms. The fourth-order valence-corrected chi connectivity index (χ4v) is 4.76. The van der Waals surface area contributed by atoms with Gasteiger partial charge in [0.2, 0.25) is 5.91 Å². The van der Waals surface area contributed by atoms with Gasteiger partial charge in [-0.2, -0.15) is 5.10 Å². The van der Waals surface area contributed by atoms with E-state index < -0.39 is 0 Å². The van der Waals surface area contributed by atoms with Crippen LogP contribution in [0.15, 0.2) is 104 Å². The van der Waals surface area contributed by atoms with E-state index in [2.05, 4.69) is 30.5 Å². The van der Waals surface area contributed by atoms with Gasteiger partial charge in [-0.1, -0.05) is 48.5 Å². The number of carbonyl (C=O) groups is 1. The molecule has 5 aromatic heterocycles. The van der Waals surface area contributed by atoms with Crippen LogP contribution in [0, 0.1) is 0 Å². The molecule has 0 saturated carbocycles. The molecule has 0 radical (unpaired) electrons. The number of anilines is 1. The highest BCUT2D eigenvalue weighted by Gasteiger charge is 2.17. The van der Waals surface area contributed by atoms with Gasteiger partial charge in [-0.05, 0) is 35.9 Å². The third-order valence-corrected chi connectivity index (χ3v) is 6.64. The van der Waals surface area contributed by atoms with Crippen molar-refractivity contribution in [3.63, 3.8) is 0 Å². The lowest BCUT2D eigenvalue weighted by atomic mass is 10.1. The van der Waals surface area contributed by atoms with Gasteiger partial charge in [0, 0.05) is 35.3 Å². The molecule has 1 amide bonds. The van der Waals surface area contributed by atoms with E-state index in [1.54, 1.807) is 18.6 Å². The normalized spacial score (nSPS) is 11.2. The van der Waals surface area contributed by atoms with Crippen LogP contribution in [-0.2, 0) is 11.2 Å². The van der Waals surface area contributed by atoms with Gasteiger partial charge in [-0.25, -0.2) is 9.97 Å². The Morgan fingerprint density at radius 3 is 2.55 bits per heavy atom. The molecule has 0 unspecified atom stereocenters. The van der Waals surface area contributed by atoms with Gasteiger partial charge in [-0.15, -0.1) is 0 Å². The molecule has 0 aliphatic rings. The molecule has 0 spiro atoms. The Kier molecular flexibility index (Phi) is 5.78. The Balaban J connectivity index is 1.21. The Morgan fingerprint density at radius 1 is 0.775 bits per heavy atom. The van der Waals surface area contributed by atoms with Crippen molar-refractivity contribution in [3.8, 4) is 33.9 Å². The highest BCUT2D eigenvalue weighted by molar-refractivity contribution is 5.96. The number of aromatic amines is 2. The van der Waals surface area contributed by atoms with E-state index in [0.29, 0.717) is 28.4 Å². The second kappa shape index (κ2) is 9.88. The molecule has 9 nitrogen and oxygen atoms in total. The van der Waals surface area contributed by atoms with E-state index in [4.69, 9.17) is 9.97 Å². The summed E-state index contributed by atoms with van der Waals surface area (Å²) in [4.78, 5) is 34.4. The Morgan fingerprint density at radius 2 is 1.68 bits per heavy atom. The number of aromatic nitrogens is 7. The minimum atomic E-state index is -0.110. The summed E-state index contributed by atoms with van der Waals surface area (Å²) in [5.41, 5.74) is 8.81. The van der Waals surface area contributed by atoms with Crippen LogP contribution in [0.4, 0.5) is 5.69 Å². The van der Waals surface area contributed by atoms with Crippen LogP contribution < -0.4 is 5.32 Å². The number of hydrogen-bond acceptors (Lipinski definition) is 6. The number of nitrogens with one attached hydrogen (secondary N) is 3. The molecule has 40 heavy (non-hydrogen) atoms. The van der Waals surface area contributed by atoms with Crippen LogP contribution in [0.25, 0.3) is 56.0 Å². The Bertz CT molecular complexity index is 1980. The number of para-hydroxylation sites is 1. The maximum Gasteiger partial charge on any atom is 0.228 e. The minimum absolute atomic E-state index is 0.110. The topological polar surface area (TPSA) is 125 Å². The third-order valence-electron chi connectivity index (χ3n) is 6.64. The van der Waals surface area contributed by atoms with Gasteiger partial charge < -0.3 is 10.3 Å². The van der Waals surface area contributed by atoms with Gasteiger partial charge in [0.15, 0.2) is 11.5 Å². The SMILES string of the molecule is O=C(Cc1ccccc1)Nc1cncc(-c2ccc3[nH]nc(-c4nc5c(-c6cccnc6)cccc5[nH]4)c3n2)c1. The largest absolute Gasteiger partial charge is 0.336 e. The predicted molar refractivity (Wildman–Crippen MR) is 154 cm³/mol. The summed E-state index contributed by atoms with van der Waals surface area (Å²) in [6, 6.07) is 25.2. The van der Waals surface area contributed by atoms with Crippen molar-refractivity contribution in [1.82, 2.24) is 35.1 Å². The van der Waals surface area contributed by atoms with Crippen molar-refractivity contribution in [3.05, 3.63) is 109 Å². The lowest BCUT2D eigenvalue weighted by Crippen LogP contribution is -2.14. The number of amides is 1. The van der Waals surface area contributed by atoms with Crippen LogP contribution in [0.2, 0.25) is 0 Å². The smallest absolute Gasteiger partial charge is 0.228 e. The molecular formula is C31H22N8O. The number of rotatable bonds is 6. The molecule has 7 rings (SSSR count). The zero-order valence-corrected chi connectivity index (χ0v) is 21.2. The summed E-state index contributed by atoms with van der Waals surface area (Å²) in [7, 11) is 0. The first-order valence-corrected chi connectivity index (χ1v) is 12.7. The fraction of sp³-hybridized carbons (Fsp3) is 0.0323. The fourth-order valence-electron chi connectivity index (χ4n) is 4.76. The average molecular weight is 523 g/mol. The molecule has 0 aliphatic heterocycles. The van der Waals surface area contributed by atoms with E-state index in [0.717, 1.165) is 38.8 Å².